The third-order valence-corrected chi connectivity index (χ3v) is 9.53. The van der Waals surface area contributed by atoms with Crippen LogP contribution in [0.25, 0.3) is 43.9 Å². The van der Waals surface area contributed by atoms with Crippen LogP contribution in [0, 0.1) is 0 Å². The molecular weight excluding hydrogens is 684 g/mol. The average molecular weight is 713 g/mol. The van der Waals surface area contributed by atoms with E-state index in [-0.39, 0.29) is 0 Å². The lowest BCUT2D eigenvalue weighted by Gasteiger charge is -2.39. The van der Waals surface area contributed by atoms with Crippen molar-refractivity contribution in [3.05, 3.63) is 63.2 Å². The van der Waals surface area contributed by atoms with Gasteiger partial charge in [-0.15, -0.1) is 0 Å². The summed E-state index contributed by atoms with van der Waals surface area (Å²) in [5.41, 5.74) is 3.76. The maximum Gasteiger partial charge on any atom is 0.143 e. The lowest BCUT2D eigenvalue weighted by atomic mass is 9.90. The normalized spacial score (nSPS) is 19.8. The summed E-state index contributed by atoms with van der Waals surface area (Å²) >= 11 is 13.1. The van der Waals surface area contributed by atoms with E-state index in [4.69, 9.17) is 16.3 Å². The highest BCUT2D eigenvalue weighted by atomic mass is 79.9. The van der Waals surface area contributed by atoms with Crippen LogP contribution in [0.5, 0.6) is 0 Å². The molecule has 0 unspecified atom stereocenters. The Balaban J connectivity index is 0.000000162. The molecule has 0 amide bonds. The lowest BCUT2D eigenvalue weighted by molar-refractivity contribution is 0.00791. The fraction of sp³-hybridized carbons (Fsp3) is 0.333. The van der Waals surface area contributed by atoms with Gasteiger partial charge in [-0.1, -0.05) is 43.5 Å². The summed E-state index contributed by atoms with van der Waals surface area (Å²) < 4.78 is 7.57. The first-order chi connectivity index (χ1) is 20.5. The molecule has 1 aliphatic heterocycles. The summed E-state index contributed by atoms with van der Waals surface area (Å²) in [5.74, 6) is 0.944. The molecule has 6 aromatic rings. The second kappa shape index (κ2) is 12.0. The number of nitrogens with zero attached hydrogens (tertiary/aromatic N) is 5. The van der Waals surface area contributed by atoms with Crippen molar-refractivity contribution in [2.75, 3.05) is 31.6 Å². The van der Waals surface area contributed by atoms with E-state index < -0.39 is 0 Å². The van der Waals surface area contributed by atoms with Crippen molar-refractivity contribution in [1.29, 1.82) is 0 Å². The van der Waals surface area contributed by atoms with Crippen LogP contribution in [0.3, 0.4) is 0 Å². The van der Waals surface area contributed by atoms with Gasteiger partial charge in [0.15, 0.2) is 0 Å². The Morgan fingerprint density at radius 2 is 1.38 bits per heavy atom. The fourth-order valence-electron chi connectivity index (χ4n) is 6.18. The van der Waals surface area contributed by atoms with Gasteiger partial charge in [0.05, 0.1) is 24.0 Å². The molecule has 3 N–H and O–H groups in total. The quantitative estimate of drug-likeness (QED) is 0.164. The number of nitrogens with one attached hydrogen (secondary N) is 3. The molecule has 9 nitrogen and oxygen atoms in total. The first-order valence-electron chi connectivity index (χ1n) is 14.1. The molecule has 2 aliphatic rings. The van der Waals surface area contributed by atoms with E-state index >= 15 is 0 Å². The van der Waals surface area contributed by atoms with E-state index in [1.165, 1.54) is 32.0 Å². The van der Waals surface area contributed by atoms with Crippen LogP contribution in [0.1, 0.15) is 25.7 Å². The molecule has 1 saturated carbocycles. The largest absolute Gasteiger partial charge is 0.379 e. The first-order valence-corrected chi connectivity index (χ1v) is 16.1. The maximum absolute atomic E-state index is 6.04. The van der Waals surface area contributed by atoms with Gasteiger partial charge in [-0.2, -0.15) is 0 Å². The van der Waals surface area contributed by atoms with E-state index in [0.717, 1.165) is 84.9 Å². The third kappa shape index (κ3) is 5.60. The zero-order valence-electron chi connectivity index (χ0n) is 22.7. The van der Waals surface area contributed by atoms with E-state index in [0.29, 0.717) is 17.2 Å². The van der Waals surface area contributed by atoms with Crippen molar-refractivity contribution in [2.45, 2.75) is 37.8 Å². The summed E-state index contributed by atoms with van der Waals surface area (Å²) in [7, 11) is 0. The van der Waals surface area contributed by atoms with E-state index in [1.807, 2.05) is 24.3 Å². The Kier molecular flexibility index (Phi) is 8.02. The Morgan fingerprint density at radius 3 is 2.05 bits per heavy atom. The van der Waals surface area contributed by atoms with Crippen molar-refractivity contribution < 1.29 is 4.74 Å². The number of halogens is 3. The molecule has 0 spiro atoms. The number of benzene rings is 2. The van der Waals surface area contributed by atoms with Gasteiger partial charge in [0.2, 0.25) is 0 Å². The number of ether oxygens (including phenoxy) is 1. The zero-order chi connectivity index (χ0) is 28.6. The van der Waals surface area contributed by atoms with Gasteiger partial charge in [-0.05, 0) is 62.1 Å². The highest BCUT2D eigenvalue weighted by molar-refractivity contribution is 9.10. The maximum atomic E-state index is 6.04. The van der Waals surface area contributed by atoms with Crippen LogP contribution < -0.4 is 5.32 Å². The molecule has 2 fully saturated rings. The Morgan fingerprint density at radius 1 is 0.786 bits per heavy atom. The van der Waals surface area contributed by atoms with Crippen LogP contribution in [-0.2, 0) is 4.74 Å². The summed E-state index contributed by atoms with van der Waals surface area (Å²) in [4.78, 5) is 26.3. The van der Waals surface area contributed by atoms with Gasteiger partial charge >= 0.3 is 0 Å². The minimum absolute atomic E-state index is 0.470. The molecule has 0 atom stereocenters. The molecule has 12 heteroatoms. The number of hydrogen-bond acceptors (Lipinski definition) is 7. The smallest absolute Gasteiger partial charge is 0.143 e. The molecule has 2 aromatic carbocycles. The van der Waals surface area contributed by atoms with Crippen LogP contribution in [0.15, 0.2) is 58.0 Å². The molecule has 8 rings (SSSR count). The minimum atomic E-state index is 0.470. The number of rotatable bonds is 3. The van der Waals surface area contributed by atoms with Crippen molar-refractivity contribution in [3.63, 3.8) is 0 Å². The van der Waals surface area contributed by atoms with E-state index in [2.05, 4.69) is 84.1 Å². The van der Waals surface area contributed by atoms with Crippen LogP contribution in [0.4, 0.5) is 5.82 Å². The third-order valence-electron chi connectivity index (χ3n) is 8.26. The Bertz CT molecular complexity index is 1880. The molecule has 42 heavy (non-hydrogen) atoms. The van der Waals surface area contributed by atoms with Crippen LogP contribution >= 0.6 is 43.5 Å². The van der Waals surface area contributed by atoms with Crippen molar-refractivity contribution >= 4 is 93.2 Å². The molecule has 1 saturated heterocycles. The Labute approximate surface area is 264 Å². The fourth-order valence-corrected chi connectivity index (χ4v) is 7.14. The lowest BCUT2D eigenvalue weighted by Crippen LogP contribution is -2.46. The number of fused-ring (bicyclic) bond motifs is 6. The average Bonchev–Trinajstić information content (AvgIpc) is 3.57. The van der Waals surface area contributed by atoms with Gasteiger partial charge in [0.1, 0.15) is 34.9 Å². The van der Waals surface area contributed by atoms with E-state index in [1.54, 1.807) is 6.33 Å². The highest BCUT2D eigenvalue weighted by Gasteiger charge is 2.27. The molecule has 1 aliphatic carbocycles. The molecule has 216 valence electrons. The van der Waals surface area contributed by atoms with Gasteiger partial charge in [0.25, 0.3) is 0 Å². The molecular formula is C30H29Br2ClN8O. The predicted octanol–water partition coefficient (Wildman–Crippen LogP) is 7.46. The molecule has 4 aromatic heterocycles. The van der Waals surface area contributed by atoms with Gasteiger partial charge in [-0.3, -0.25) is 4.90 Å². The number of hydrogen-bond donors (Lipinski definition) is 3. The predicted molar refractivity (Wildman–Crippen MR) is 175 cm³/mol. The summed E-state index contributed by atoms with van der Waals surface area (Å²) in [6.07, 6.45) is 7.94. The first kappa shape index (κ1) is 28.0. The number of aromatic nitrogens is 6. The second-order valence-corrected chi connectivity index (χ2v) is 13.0. The summed E-state index contributed by atoms with van der Waals surface area (Å²) in [5, 5.41) is 8.34. The minimum Gasteiger partial charge on any atom is -0.379 e. The number of H-pyrrole nitrogens is 2. The van der Waals surface area contributed by atoms with E-state index in [9.17, 15) is 0 Å². The van der Waals surface area contributed by atoms with Gasteiger partial charge < -0.3 is 20.0 Å². The standard InChI is InChI=1S/C20H24BrN5O.C10H5BrClN3/c21-13-1-6-17-16(11-13)18-19(22-12-23-20(18)25-17)24-14-2-4-15(5-3-14)26-7-9-27-10-8-26;11-5-1-2-7-6(3-5)8-9(12)13-4-14-10(8)15-7/h1,6,11-12,14-15H,2-5,7-10H2,(H2,22,23,24,25);1-4H,(H,13,14,15). The number of anilines is 1. The number of aromatic amines is 2. The van der Waals surface area contributed by atoms with Crippen molar-refractivity contribution in [3.8, 4) is 0 Å². The van der Waals surface area contributed by atoms with Crippen molar-refractivity contribution in [2.24, 2.45) is 0 Å². The monoisotopic (exact) mass is 710 g/mol. The van der Waals surface area contributed by atoms with Crippen LogP contribution in [-0.4, -0.2) is 73.2 Å². The Hall–Kier alpha value is -2.83. The highest BCUT2D eigenvalue weighted by Crippen LogP contribution is 2.33. The summed E-state index contributed by atoms with van der Waals surface area (Å²) in [6.45, 7) is 3.93. The zero-order valence-corrected chi connectivity index (χ0v) is 26.6. The van der Waals surface area contributed by atoms with Gasteiger partial charge in [-0.25, -0.2) is 19.9 Å². The summed E-state index contributed by atoms with van der Waals surface area (Å²) in [6, 6.07) is 13.4. The topological polar surface area (TPSA) is 108 Å². The molecule has 0 radical (unpaired) electrons. The van der Waals surface area contributed by atoms with Gasteiger partial charge in [0, 0.05) is 55.9 Å². The second-order valence-electron chi connectivity index (χ2n) is 10.8. The molecule has 0 bridgehead atoms. The SMILES string of the molecule is Brc1ccc2[nH]c3ncnc(NC4CCC(N5CCOCC5)CC4)c3c2c1.Clc1ncnc2[nH]c3ccc(Br)cc3c12. The molecule has 5 heterocycles. The number of morpholine rings is 1. The van der Waals surface area contributed by atoms with Crippen LogP contribution in [0.2, 0.25) is 5.15 Å². The van der Waals surface area contributed by atoms with Crippen molar-refractivity contribution in [1.82, 2.24) is 34.8 Å².